The summed E-state index contributed by atoms with van der Waals surface area (Å²) in [6, 6.07) is 18.0. The fourth-order valence-electron chi connectivity index (χ4n) is 3.91. The van der Waals surface area contributed by atoms with Crippen LogP contribution >= 0.6 is 0 Å². The van der Waals surface area contributed by atoms with Crippen molar-refractivity contribution in [3.8, 4) is 0 Å². The van der Waals surface area contributed by atoms with E-state index in [0.29, 0.717) is 0 Å². The van der Waals surface area contributed by atoms with Crippen molar-refractivity contribution < 1.29 is 0 Å². The number of pyridine rings is 1. The summed E-state index contributed by atoms with van der Waals surface area (Å²) in [4.78, 5) is 4.28. The van der Waals surface area contributed by atoms with Gasteiger partial charge in [0.2, 0.25) is 0 Å². The van der Waals surface area contributed by atoms with Gasteiger partial charge >= 0.3 is 0 Å². The Morgan fingerprint density at radius 3 is 2.32 bits per heavy atom. The van der Waals surface area contributed by atoms with Gasteiger partial charge in [-0.15, -0.1) is 0 Å². The molecule has 4 rings (SSSR count). The molecule has 0 aliphatic heterocycles. The van der Waals surface area contributed by atoms with Crippen molar-refractivity contribution in [2.75, 3.05) is 0 Å². The smallest absolute Gasteiger partial charge is 0.0480 e. The Balaban J connectivity index is 1.57. The molecule has 0 aliphatic rings. The van der Waals surface area contributed by atoms with Crippen LogP contribution in [0, 0.1) is 0 Å². The van der Waals surface area contributed by atoms with Gasteiger partial charge in [0.25, 0.3) is 0 Å². The first-order chi connectivity index (χ1) is 13.2. The number of hydrogen-bond donors (Lipinski definition) is 0. The van der Waals surface area contributed by atoms with Gasteiger partial charge in [-0.3, -0.25) is 4.98 Å². The Morgan fingerprint density at radius 2 is 1.54 bits per heavy atom. The molecular formula is C26H30N2. The lowest BCUT2D eigenvalue weighted by Crippen LogP contribution is -2.19. The number of benzene rings is 2. The zero-order valence-corrected chi connectivity index (χ0v) is 17.7. The van der Waals surface area contributed by atoms with Crippen LogP contribution in [0.5, 0.6) is 0 Å². The average Bonchev–Trinajstić information content (AvgIpc) is 3.08. The summed E-state index contributed by atoms with van der Waals surface area (Å²) >= 11 is 0. The van der Waals surface area contributed by atoms with Gasteiger partial charge in [-0.25, -0.2) is 0 Å². The summed E-state index contributed by atoms with van der Waals surface area (Å²) < 4.78 is 2.39. The van der Waals surface area contributed by atoms with Crippen molar-refractivity contribution in [3.05, 3.63) is 78.2 Å². The van der Waals surface area contributed by atoms with E-state index in [2.05, 4.69) is 98.9 Å². The number of fused-ring (bicyclic) bond motifs is 2. The number of nitrogens with zero attached hydrogens (tertiary/aromatic N) is 2. The minimum Gasteiger partial charge on any atom is -0.347 e. The summed E-state index contributed by atoms with van der Waals surface area (Å²) in [6.45, 7) is 12.5. The summed E-state index contributed by atoms with van der Waals surface area (Å²) in [5, 5.41) is 3.80. The van der Waals surface area contributed by atoms with Crippen LogP contribution in [0.1, 0.15) is 52.2 Å². The van der Waals surface area contributed by atoms with Crippen LogP contribution in [0.2, 0.25) is 0 Å². The first kappa shape index (κ1) is 18.7. The van der Waals surface area contributed by atoms with Gasteiger partial charge in [-0.1, -0.05) is 52.8 Å². The van der Waals surface area contributed by atoms with E-state index in [1.807, 2.05) is 12.4 Å². The lowest BCUT2D eigenvalue weighted by Gasteiger charge is -2.26. The van der Waals surface area contributed by atoms with Gasteiger partial charge in [0, 0.05) is 36.0 Å². The summed E-state index contributed by atoms with van der Waals surface area (Å²) in [6.07, 6.45) is 7.14. The quantitative estimate of drug-likeness (QED) is 0.384. The summed E-state index contributed by atoms with van der Waals surface area (Å²) in [5.74, 6) is 0. The van der Waals surface area contributed by atoms with Gasteiger partial charge in [0.1, 0.15) is 0 Å². The van der Waals surface area contributed by atoms with Crippen LogP contribution in [0.25, 0.3) is 21.7 Å². The Hall–Kier alpha value is -2.61. The van der Waals surface area contributed by atoms with E-state index >= 15 is 0 Å². The predicted molar refractivity (Wildman–Crippen MR) is 120 cm³/mol. The van der Waals surface area contributed by atoms with Gasteiger partial charge in [-0.05, 0) is 69.5 Å². The molecule has 0 spiro atoms. The molecule has 2 heteroatoms. The minimum atomic E-state index is 0.103. The second-order valence-corrected chi connectivity index (χ2v) is 9.60. The molecule has 0 amide bonds. The minimum absolute atomic E-state index is 0.103. The highest BCUT2D eigenvalue weighted by Crippen LogP contribution is 2.31. The van der Waals surface area contributed by atoms with Crippen LogP contribution in [0.15, 0.2) is 67.1 Å². The molecule has 0 atom stereocenters. The third kappa shape index (κ3) is 3.56. The molecular weight excluding hydrogens is 340 g/mol. The van der Waals surface area contributed by atoms with Crippen molar-refractivity contribution in [1.82, 2.24) is 9.55 Å². The van der Waals surface area contributed by atoms with E-state index in [1.54, 1.807) is 0 Å². The standard InChI is InChI=1S/C26H30N2/c1-25(2,3)22-8-9-24-20(16-22)11-14-28(24)15-12-26(4,5)23-7-6-19-10-13-27-18-21(19)17-23/h6-11,13-14,16-18H,12,15H2,1-5H3. The number of hydrogen-bond acceptors (Lipinski definition) is 1. The molecule has 28 heavy (non-hydrogen) atoms. The molecule has 2 aromatic carbocycles. The van der Waals surface area contributed by atoms with E-state index in [4.69, 9.17) is 0 Å². The molecule has 2 heterocycles. The molecule has 0 unspecified atom stereocenters. The molecule has 2 aromatic heterocycles. The molecule has 0 fully saturated rings. The lowest BCUT2D eigenvalue weighted by atomic mass is 9.81. The fraction of sp³-hybridized carbons (Fsp3) is 0.346. The molecule has 0 radical (unpaired) electrons. The number of aromatic nitrogens is 2. The van der Waals surface area contributed by atoms with Crippen molar-refractivity contribution in [1.29, 1.82) is 0 Å². The first-order valence-corrected chi connectivity index (χ1v) is 10.2. The van der Waals surface area contributed by atoms with Crippen molar-refractivity contribution in [2.45, 2.75) is 58.4 Å². The maximum Gasteiger partial charge on any atom is 0.0480 e. The SMILES string of the molecule is CC(C)(C)c1ccc2c(ccn2CCC(C)(C)c2ccc3ccncc3c2)c1. The predicted octanol–water partition coefficient (Wildman–Crippen LogP) is 6.85. The zero-order valence-electron chi connectivity index (χ0n) is 17.7. The van der Waals surface area contributed by atoms with Crippen molar-refractivity contribution in [3.63, 3.8) is 0 Å². The van der Waals surface area contributed by atoms with Gasteiger partial charge in [-0.2, -0.15) is 0 Å². The summed E-state index contributed by atoms with van der Waals surface area (Å²) in [7, 11) is 0. The molecule has 0 saturated carbocycles. The Labute approximate surface area is 168 Å². The van der Waals surface area contributed by atoms with Crippen molar-refractivity contribution in [2.24, 2.45) is 0 Å². The monoisotopic (exact) mass is 370 g/mol. The Morgan fingerprint density at radius 1 is 0.786 bits per heavy atom. The largest absolute Gasteiger partial charge is 0.347 e. The third-order valence-corrected chi connectivity index (χ3v) is 6.04. The molecule has 0 N–H and O–H groups in total. The second-order valence-electron chi connectivity index (χ2n) is 9.60. The van der Waals surface area contributed by atoms with Crippen LogP contribution in [0.3, 0.4) is 0 Å². The molecule has 144 valence electrons. The highest BCUT2D eigenvalue weighted by molar-refractivity contribution is 5.82. The van der Waals surface area contributed by atoms with E-state index in [1.165, 1.54) is 32.8 Å². The van der Waals surface area contributed by atoms with Gasteiger partial charge < -0.3 is 4.57 Å². The van der Waals surface area contributed by atoms with Crippen LogP contribution in [-0.2, 0) is 17.4 Å². The molecule has 0 aliphatic carbocycles. The average molecular weight is 371 g/mol. The Kier molecular flexibility index (Phi) is 4.53. The maximum atomic E-state index is 4.28. The second kappa shape index (κ2) is 6.77. The Bertz CT molecular complexity index is 1130. The first-order valence-electron chi connectivity index (χ1n) is 10.2. The number of rotatable bonds is 4. The molecule has 0 bridgehead atoms. The van der Waals surface area contributed by atoms with Crippen LogP contribution in [-0.4, -0.2) is 9.55 Å². The molecule has 0 saturated heterocycles. The topological polar surface area (TPSA) is 17.8 Å². The fourth-order valence-corrected chi connectivity index (χ4v) is 3.91. The lowest BCUT2D eigenvalue weighted by molar-refractivity contribution is 0.442. The number of aryl methyl sites for hydroxylation is 1. The third-order valence-electron chi connectivity index (χ3n) is 6.04. The molecule has 2 nitrogen and oxygen atoms in total. The van der Waals surface area contributed by atoms with Crippen LogP contribution < -0.4 is 0 Å². The zero-order chi connectivity index (χ0) is 19.9. The van der Waals surface area contributed by atoms with Crippen LogP contribution in [0.4, 0.5) is 0 Å². The van der Waals surface area contributed by atoms with E-state index in [9.17, 15) is 0 Å². The highest BCUT2D eigenvalue weighted by Gasteiger charge is 2.21. The highest BCUT2D eigenvalue weighted by atomic mass is 14.9. The van der Waals surface area contributed by atoms with E-state index in [0.717, 1.165) is 13.0 Å². The maximum absolute atomic E-state index is 4.28. The van der Waals surface area contributed by atoms with Crippen molar-refractivity contribution >= 4 is 21.7 Å². The van der Waals surface area contributed by atoms with E-state index < -0.39 is 0 Å². The molecule has 4 aromatic rings. The normalized spacial score (nSPS) is 12.8. The van der Waals surface area contributed by atoms with E-state index in [-0.39, 0.29) is 10.8 Å². The van der Waals surface area contributed by atoms with Gasteiger partial charge in [0.15, 0.2) is 0 Å². The van der Waals surface area contributed by atoms with Gasteiger partial charge in [0.05, 0.1) is 0 Å². The summed E-state index contributed by atoms with van der Waals surface area (Å²) in [5.41, 5.74) is 4.38.